The minimum Gasteiger partial charge on any atom is -0.386 e. The minimum atomic E-state index is -5.58. The number of nitrogens with two attached hydrogens (primary N) is 1. The number of nitrogens with one attached hydrogen (secondary N) is 2. The summed E-state index contributed by atoms with van der Waals surface area (Å²) in [7, 11) is -16.4. The number of amides is 2. The van der Waals surface area contributed by atoms with E-state index in [0.717, 1.165) is 48.2 Å². The van der Waals surface area contributed by atoms with Crippen molar-refractivity contribution in [1.82, 2.24) is 30.2 Å². The number of aliphatic hydroxyl groups excluding tert-OH is 2. The largest absolute Gasteiger partial charge is 0.481 e. The summed E-state index contributed by atoms with van der Waals surface area (Å²) >= 11 is 1.16. The number of unbranched alkanes of at least 4 members (excludes halogenated alkanes) is 16. The molecule has 426 valence electrons. The summed E-state index contributed by atoms with van der Waals surface area (Å²) in [4.78, 5) is 88.8. The molecular formula is C46H84N7O17P3S. The standard InChI is InChI=1S/C46H84N7O17P3S/c1-5-6-7-8-9-10-11-12-13-14-15-16-17-18-19-20-23-34(2)24-21-22-25-37(55)74-29-28-48-36(54)26-27-49-44(58)41(57)46(3,4)31-67-73(64,65)70-72(62,63)66-30-35-40(69-71(59,60)61)39(56)45(68-35)53-33-52-38-42(47)50-32-51-43(38)53/h32-35,39-41,45,56-57H,5-31H2,1-4H3,(H,48,54)(H,49,58)(H,62,63)(H,64,65)(H2,47,50,51)(H2,59,60,61). The zero-order chi connectivity index (χ0) is 54.8. The van der Waals surface area contributed by atoms with Crippen molar-refractivity contribution >= 4 is 69.1 Å². The number of carbonyl (C=O) groups excluding carboxylic acids is 3. The third-order valence-corrected chi connectivity index (χ3v) is 16.7. The number of rotatable bonds is 41. The average molecular weight is 1130 g/mol. The lowest BCUT2D eigenvalue weighted by molar-refractivity contribution is -0.137. The molecule has 24 nitrogen and oxygen atoms in total. The van der Waals surface area contributed by atoms with Gasteiger partial charge in [0.15, 0.2) is 22.8 Å². The van der Waals surface area contributed by atoms with E-state index in [1.165, 1.54) is 123 Å². The molecule has 8 atom stereocenters. The monoisotopic (exact) mass is 1130 g/mol. The van der Waals surface area contributed by atoms with Crippen molar-refractivity contribution in [2.45, 2.75) is 200 Å². The van der Waals surface area contributed by atoms with Crippen molar-refractivity contribution in [3.8, 4) is 0 Å². The predicted octanol–water partition coefficient (Wildman–Crippen LogP) is 7.51. The summed E-state index contributed by atoms with van der Waals surface area (Å²) in [5, 5.41) is 26.8. The Bertz CT molecular complexity index is 2140. The minimum absolute atomic E-state index is 0.0344. The van der Waals surface area contributed by atoms with Crippen LogP contribution in [0.15, 0.2) is 12.7 Å². The highest BCUT2D eigenvalue weighted by Gasteiger charge is 2.50. The van der Waals surface area contributed by atoms with Crippen LogP contribution in [0, 0.1) is 11.3 Å². The number of ether oxygens (including phenoxy) is 1. The molecule has 1 fully saturated rings. The number of aliphatic hydroxyl groups is 2. The third kappa shape index (κ3) is 25.8. The Balaban J connectivity index is 1.23. The van der Waals surface area contributed by atoms with E-state index in [4.69, 9.17) is 19.5 Å². The third-order valence-electron chi connectivity index (χ3n) is 12.6. The van der Waals surface area contributed by atoms with Gasteiger partial charge in [-0.3, -0.25) is 32.5 Å². The number of hydrogen-bond donors (Lipinski definition) is 9. The van der Waals surface area contributed by atoms with Crippen LogP contribution in [0.1, 0.15) is 175 Å². The molecule has 0 bridgehead atoms. The van der Waals surface area contributed by atoms with E-state index < -0.39 is 84.6 Å². The molecule has 0 radical (unpaired) electrons. The van der Waals surface area contributed by atoms with Crippen LogP contribution >= 0.6 is 35.2 Å². The molecule has 10 N–H and O–H groups in total. The number of imidazole rings is 1. The lowest BCUT2D eigenvalue weighted by atomic mass is 9.87. The molecule has 1 aliphatic rings. The van der Waals surface area contributed by atoms with E-state index in [9.17, 15) is 57.9 Å². The Hall–Kier alpha value is -2.44. The van der Waals surface area contributed by atoms with Gasteiger partial charge >= 0.3 is 23.5 Å². The number of carbonyl (C=O) groups is 3. The van der Waals surface area contributed by atoms with Crippen LogP contribution in [0.5, 0.6) is 0 Å². The normalized spacial score (nSPS) is 19.8. The molecule has 0 spiro atoms. The van der Waals surface area contributed by atoms with Gasteiger partial charge in [0.05, 0.1) is 19.5 Å². The van der Waals surface area contributed by atoms with Crippen LogP contribution in [0.4, 0.5) is 5.82 Å². The topological polar surface area (TPSA) is 364 Å². The van der Waals surface area contributed by atoms with Gasteiger partial charge in [-0.1, -0.05) is 161 Å². The Labute approximate surface area is 439 Å². The van der Waals surface area contributed by atoms with Gasteiger partial charge in [-0.05, 0) is 12.3 Å². The van der Waals surface area contributed by atoms with Crippen molar-refractivity contribution in [2.75, 3.05) is 37.8 Å². The van der Waals surface area contributed by atoms with Gasteiger partial charge in [0.2, 0.25) is 11.8 Å². The molecule has 3 heterocycles. The van der Waals surface area contributed by atoms with Gasteiger partial charge in [-0.25, -0.2) is 28.6 Å². The second kappa shape index (κ2) is 33.8. The number of phosphoric acid groups is 3. The number of nitrogens with zero attached hydrogens (tertiary/aromatic N) is 4. The summed E-state index contributed by atoms with van der Waals surface area (Å²) in [6.07, 6.45) is 19.6. The Kier molecular flexibility index (Phi) is 30.0. The van der Waals surface area contributed by atoms with Gasteiger partial charge in [0.1, 0.15) is 36.3 Å². The van der Waals surface area contributed by atoms with Crippen molar-refractivity contribution in [3.63, 3.8) is 0 Å². The first-order valence-electron chi connectivity index (χ1n) is 26.0. The molecule has 2 aromatic heterocycles. The number of nitrogen functional groups attached to an aromatic ring is 1. The fourth-order valence-corrected chi connectivity index (χ4v) is 11.9. The van der Waals surface area contributed by atoms with Crippen molar-refractivity contribution < 1.29 is 80.5 Å². The maximum atomic E-state index is 12.8. The summed E-state index contributed by atoms with van der Waals surface area (Å²) in [6, 6.07) is 0. The van der Waals surface area contributed by atoms with Gasteiger partial charge in [-0.15, -0.1) is 0 Å². The van der Waals surface area contributed by atoms with Gasteiger partial charge in [0, 0.05) is 37.1 Å². The van der Waals surface area contributed by atoms with Gasteiger partial charge in [0.25, 0.3) is 0 Å². The number of fused-ring (bicyclic) bond motifs is 1. The quantitative estimate of drug-likeness (QED) is 0.0230. The number of thioether (sulfide) groups is 1. The van der Waals surface area contributed by atoms with E-state index in [0.29, 0.717) is 18.1 Å². The first kappa shape index (κ1) is 65.8. The number of anilines is 1. The van der Waals surface area contributed by atoms with Crippen LogP contribution in [0.3, 0.4) is 0 Å². The second-order valence-electron chi connectivity index (χ2n) is 19.7. The van der Waals surface area contributed by atoms with Gasteiger partial charge < -0.3 is 50.9 Å². The number of aromatic nitrogens is 4. The molecule has 2 amide bonds. The molecule has 8 unspecified atom stereocenters. The SMILES string of the molecule is CCCCCCCCCCCCCCCCCCC(C)CCCCC(=O)SCCNC(=O)CCNC(=O)C(O)C(C)(C)COP(=O)(O)OP(=O)(O)OCC1OC(n2cnc3c(N)ncnc32)C(O)C1OP(=O)(O)O. The van der Waals surface area contributed by atoms with Crippen LogP contribution in [0.2, 0.25) is 0 Å². The molecule has 1 aliphatic heterocycles. The van der Waals surface area contributed by atoms with Crippen LogP contribution in [-0.4, -0.2) is 123 Å². The number of phosphoric ester groups is 3. The highest BCUT2D eigenvalue weighted by molar-refractivity contribution is 8.13. The summed E-state index contributed by atoms with van der Waals surface area (Å²) < 4.78 is 62.6. The van der Waals surface area contributed by atoms with Gasteiger partial charge in [-0.2, -0.15) is 4.31 Å². The Morgan fingerprint density at radius 3 is 1.97 bits per heavy atom. The van der Waals surface area contributed by atoms with Crippen molar-refractivity contribution in [1.29, 1.82) is 0 Å². The first-order chi connectivity index (χ1) is 34.9. The van der Waals surface area contributed by atoms with E-state index in [1.807, 2.05) is 0 Å². The molecule has 3 rings (SSSR count). The summed E-state index contributed by atoms with van der Waals surface area (Å²) in [6.45, 7) is 5.14. The lowest BCUT2D eigenvalue weighted by Crippen LogP contribution is -2.46. The van der Waals surface area contributed by atoms with E-state index in [1.54, 1.807) is 0 Å². The summed E-state index contributed by atoms with van der Waals surface area (Å²) in [5.41, 5.74) is 4.30. The Morgan fingerprint density at radius 2 is 1.38 bits per heavy atom. The maximum absolute atomic E-state index is 12.8. The van der Waals surface area contributed by atoms with E-state index >= 15 is 0 Å². The number of hydrogen-bond acceptors (Lipinski definition) is 18. The van der Waals surface area contributed by atoms with Crippen molar-refractivity contribution in [2.24, 2.45) is 11.3 Å². The fraction of sp³-hybridized carbons (Fsp3) is 0.826. The molecular weight excluding hydrogens is 1050 g/mol. The highest BCUT2D eigenvalue weighted by Crippen LogP contribution is 2.61. The zero-order valence-corrected chi connectivity index (χ0v) is 47.0. The fourth-order valence-electron chi connectivity index (χ4n) is 8.31. The highest BCUT2D eigenvalue weighted by atomic mass is 32.2. The average Bonchev–Trinajstić information content (AvgIpc) is 3.89. The Morgan fingerprint density at radius 1 is 0.811 bits per heavy atom. The molecule has 0 aromatic carbocycles. The maximum Gasteiger partial charge on any atom is 0.481 e. The smallest absolute Gasteiger partial charge is 0.386 e. The molecule has 2 aromatic rings. The lowest BCUT2D eigenvalue weighted by Gasteiger charge is -2.30. The molecule has 0 aliphatic carbocycles. The molecule has 28 heteroatoms. The van der Waals surface area contributed by atoms with Crippen LogP contribution < -0.4 is 16.4 Å². The zero-order valence-electron chi connectivity index (χ0n) is 43.5. The van der Waals surface area contributed by atoms with Crippen molar-refractivity contribution in [3.05, 3.63) is 12.7 Å². The molecule has 1 saturated heterocycles. The summed E-state index contributed by atoms with van der Waals surface area (Å²) in [5.74, 6) is -0.370. The predicted molar refractivity (Wildman–Crippen MR) is 279 cm³/mol. The van der Waals surface area contributed by atoms with Crippen LogP contribution in [0.25, 0.3) is 11.2 Å². The second-order valence-corrected chi connectivity index (χ2v) is 25.1. The molecule has 74 heavy (non-hydrogen) atoms. The van der Waals surface area contributed by atoms with Crippen LogP contribution in [-0.2, 0) is 50.7 Å². The first-order valence-corrected chi connectivity index (χ1v) is 31.5. The molecule has 0 saturated carbocycles. The van der Waals surface area contributed by atoms with E-state index in [2.05, 4.69) is 48.3 Å². The van der Waals surface area contributed by atoms with E-state index in [-0.39, 0.29) is 41.6 Å².